The van der Waals surface area contributed by atoms with Crippen LogP contribution in [0.5, 0.6) is 0 Å². The maximum atomic E-state index is 6.50. The van der Waals surface area contributed by atoms with Crippen LogP contribution in [0.2, 0.25) is 0 Å². The molecule has 0 spiro atoms. The number of likely N-dealkylation sites (tertiary alicyclic amines) is 1. The first-order valence-corrected chi connectivity index (χ1v) is 7.07. The highest BCUT2D eigenvalue weighted by Gasteiger charge is 2.30. The first-order chi connectivity index (χ1) is 8.18. The summed E-state index contributed by atoms with van der Waals surface area (Å²) in [6.07, 6.45) is 2.62. The first-order valence-electron chi connectivity index (χ1n) is 7.07. The molecule has 2 aliphatic heterocycles. The first kappa shape index (κ1) is 13.3. The van der Waals surface area contributed by atoms with Crippen LogP contribution in [-0.2, 0) is 0 Å². The van der Waals surface area contributed by atoms with E-state index in [4.69, 9.17) is 5.73 Å². The Morgan fingerprint density at radius 3 is 2.59 bits per heavy atom. The summed E-state index contributed by atoms with van der Waals surface area (Å²) in [5.41, 5.74) is 6.50. The molecule has 4 heteroatoms. The Labute approximate surface area is 106 Å². The van der Waals surface area contributed by atoms with Gasteiger partial charge in [0, 0.05) is 44.8 Å². The minimum atomic E-state index is 0.329. The van der Waals surface area contributed by atoms with Gasteiger partial charge < -0.3 is 16.0 Å². The molecule has 0 bridgehead atoms. The van der Waals surface area contributed by atoms with E-state index in [0.29, 0.717) is 18.0 Å². The minimum Gasteiger partial charge on any atom is -0.326 e. The quantitative estimate of drug-likeness (QED) is 0.726. The standard InChI is InChI=1S/C13H28N4/c1-11(17-8-5-15-6-9-17)13(14)12-4-3-7-16(2)10-12/h11-13,15H,3-10,14H2,1-2H3. The van der Waals surface area contributed by atoms with Gasteiger partial charge in [0.05, 0.1) is 0 Å². The van der Waals surface area contributed by atoms with Gasteiger partial charge in [0.2, 0.25) is 0 Å². The van der Waals surface area contributed by atoms with Crippen molar-refractivity contribution in [3.8, 4) is 0 Å². The maximum Gasteiger partial charge on any atom is 0.0235 e. The van der Waals surface area contributed by atoms with Crippen molar-refractivity contribution < 1.29 is 0 Å². The lowest BCUT2D eigenvalue weighted by molar-refractivity contribution is 0.109. The Hall–Kier alpha value is -0.160. The SMILES string of the molecule is CC(C(N)C1CCCN(C)C1)N1CCNCC1. The molecule has 0 aromatic carbocycles. The lowest BCUT2D eigenvalue weighted by atomic mass is 9.87. The lowest BCUT2D eigenvalue weighted by Crippen LogP contribution is -2.57. The van der Waals surface area contributed by atoms with E-state index >= 15 is 0 Å². The van der Waals surface area contributed by atoms with E-state index in [1.54, 1.807) is 0 Å². The molecule has 2 saturated heterocycles. The molecular formula is C13H28N4. The van der Waals surface area contributed by atoms with Crippen molar-refractivity contribution in [3.05, 3.63) is 0 Å². The fourth-order valence-electron chi connectivity index (χ4n) is 3.25. The number of piperazine rings is 1. The summed E-state index contributed by atoms with van der Waals surface area (Å²) in [6.45, 7) is 9.26. The van der Waals surface area contributed by atoms with Gasteiger partial charge >= 0.3 is 0 Å². The van der Waals surface area contributed by atoms with E-state index < -0.39 is 0 Å². The van der Waals surface area contributed by atoms with Crippen molar-refractivity contribution in [1.82, 2.24) is 15.1 Å². The van der Waals surface area contributed by atoms with Gasteiger partial charge in [-0.1, -0.05) is 0 Å². The molecule has 0 aliphatic carbocycles. The van der Waals surface area contributed by atoms with E-state index in [1.165, 1.54) is 25.9 Å². The fourth-order valence-corrected chi connectivity index (χ4v) is 3.25. The summed E-state index contributed by atoms with van der Waals surface area (Å²) in [5, 5.41) is 3.40. The third-order valence-corrected chi connectivity index (χ3v) is 4.49. The van der Waals surface area contributed by atoms with Crippen molar-refractivity contribution in [2.75, 3.05) is 46.3 Å². The second-order valence-corrected chi connectivity index (χ2v) is 5.77. The van der Waals surface area contributed by atoms with Crippen LogP contribution in [0.4, 0.5) is 0 Å². The van der Waals surface area contributed by atoms with Crippen molar-refractivity contribution in [1.29, 1.82) is 0 Å². The van der Waals surface area contributed by atoms with Crippen LogP contribution in [0.1, 0.15) is 19.8 Å². The highest BCUT2D eigenvalue weighted by atomic mass is 15.2. The van der Waals surface area contributed by atoms with E-state index in [-0.39, 0.29) is 0 Å². The minimum absolute atomic E-state index is 0.329. The highest BCUT2D eigenvalue weighted by Crippen LogP contribution is 2.21. The second kappa shape index (κ2) is 6.14. The number of nitrogens with one attached hydrogen (secondary N) is 1. The predicted octanol–water partition coefficient (Wildman–Crippen LogP) is -0.0508. The summed E-state index contributed by atoms with van der Waals surface area (Å²) < 4.78 is 0. The van der Waals surface area contributed by atoms with Gasteiger partial charge in [-0.15, -0.1) is 0 Å². The van der Waals surface area contributed by atoms with Gasteiger partial charge in [0.15, 0.2) is 0 Å². The van der Waals surface area contributed by atoms with E-state index in [0.717, 1.165) is 26.2 Å². The van der Waals surface area contributed by atoms with Crippen molar-refractivity contribution >= 4 is 0 Å². The fraction of sp³-hybridized carbons (Fsp3) is 1.00. The van der Waals surface area contributed by atoms with Crippen molar-refractivity contribution in [2.24, 2.45) is 11.7 Å². The number of nitrogens with two attached hydrogens (primary N) is 1. The Morgan fingerprint density at radius 2 is 1.94 bits per heavy atom. The molecule has 0 aromatic rings. The van der Waals surface area contributed by atoms with E-state index in [9.17, 15) is 0 Å². The molecule has 0 saturated carbocycles. The van der Waals surface area contributed by atoms with Gasteiger partial charge in [0.1, 0.15) is 0 Å². The lowest BCUT2D eigenvalue weighted by Gasteiger charge is -2.41. The molecule has 0 radical (unpaired) electrons. The molecule has 100 valence electrons. The van der Waals surface area contributed by atoms with Crippen molar-refractivity contribution in [2.45, 2.75) is 31.8 Å². The van der Waals surface area contributed by atoms with Gasteiger partial charge in [-0.25, -0.2) is 0 Å². The largest absolute Gasteiger partial charge is 0.326 e. The van der Waals surface area contributed by atoms with Gasteiger partial charge in [-0.05, 0) is 39.3 Å². The van der Waals surface area contributed by atoms with Crippen LogP contribution < -0.4 is 11.1 Å². The molecule has 3 atom stereocenters. The number of hydrogen-bond acceptors (Lipinski definition) is 4. The molecule has 2 aliphatic rings. The Morgan fingerprint density at radius 1 is 1.24 bits per heavy atom. The molecule has 3 N–H and O–H groups in total. The average Bonchev–Trinajstić information content (AvgIpc) is 2.38. The van der Waals surface area contributed by atoms with Gasteiger partial charge in [-0.3, -0.25) is 4.90 Å². The van der Waals surface area contributed by atoms with Crippen LogP contribution in [0.25, 0.3) is 0 Å². The summed E-state index contributed by atoms with van der Waals surface area (Å²) in [5.74, 6) is 0.679. The normalized spacial score (nSPS) is 32.3. The molecule has 2 rings (SSSR count). The summed E-state index contributed by atoms with van der Waals surface area (Å²) in [7, 11) is 2.22. The van der Waals surface area contributed by atoms with Crippen LogP contribution in [0, 0.1) is 5.92 Å². The number of nitrogens with zero attached hydrogens (tertiary/aromatic N) is 2. The van der Waals surface area contributed by atoms with Gasteiger partial charge in [0.25, 0.3) is 0 Å². The predicted molar refractivity (Wildman–Crippen MR) is 72.1 cm³/mol. The summed E-state index contributed by atoms with van der Waals surface area (Å²) in [4.78, 5) is 4.98. The van der Waals surface area contributed by atoms with E-state index in [1.807, 2.05) is 0 Å². The third-order valence-electron chi connectivity index (χ3n) is 4.49. The van der Waals surface area contributed by atoms with Crippen LogP contribution in [-0.4, -0.2) is 68.2 Å². The number of rotatable bonds is 3. The molecule has 2 fully saturated rings. The Kier molecular flexibility index (Phi) is 4.79. The average molecular weight is 240 g/mol. The number of hydrogen-bond donors (Lipinski definition) is 2. The third kappa shape index (κ3) is 3.41. The maximum absolute atomic E-state index is 6.50. The van der Waals surface area contributed by atoms with Crippen molar-refractivity contribution in [3.63, 3.8) is 0 Å². The Balaban J connectivity index is 1.86. The Bertz CT molecular complexity index is 227. The second-order valence-electron chi connectivity index (χ2n) is 5.77. The smallest absolute Gasteiger partial charge is 0.0235 e. The highest BCUT2D eigenvalue weighted by molar-refractivity contribution is 4.88. The molecule has 4 nitrogen and oxygen atoms in total. The summed E-state index contributed by atoms with van der Waals surface area (Å²) in [6, 6.07) is 0.851. The molecule has 0 aromatic heterocycles. The summed E-state index contributed by atoms with van der Waals surface area (Å²) >= 11 is 0. The molecule has 17 heavy (non-hydrogen) atoms. The van der Waals surface area contributed by atoms with E-state index in [2.05, 4.69) is 29.1 Å². The topological polar surface area (TPSA) is 44.5 Å². The molecule has 2 heterocycles. The van der Waals surface area contributed by atoms with Gasteiger partial charge in [-0.2, -0.15) is 0 Å². The molecule has 3 unspecified atom stereocenters. The zero-order valence-corrected chi connectivity index (χ0v) is 11.4. The zero-order valence-electron chi connectivity index (χ0n) is 11.4. The van der Waals surface area contributed by atoms with Crippen LogP contribution in [0.3, 0.4) is 0 Å². The van der Waals surface area contributed by atoms with Crippen LogP contribution in [0.15, 0.2) is 0 Å². The molecular weight excluding hydrogens is 212 g/mol. The monoisotopic (exact) mass is 240 g/mol. The number of piperidine rings is 1. The van der Waals surface area contributed by atoms with Crippen LogP contribution >= 0.6 is 0 Å². The zero-order chi connectivity index (χ0) is 12.3. The molecule has 0 amide bonds.